The fourth-order valence-electron chi connectivity index (χ4n) is 1.63. The number of nitrogens with one attached hydrogen (secondary N) is 1. The molecule has 18 heavy (non-hydrogen) atoms. The first-order valence-electron chi connectivity index (χ1n) is 4.95. The smallest absolute Gasteiger partial charge is 0.471 e. The quantitative estimate of drug-likeness (QED) is 0.748. The number of carbonyl (C=O) groups is 2. The SMILES string of the molecule is O=C(O)CCC1(CNC(=O)C(F)(F)F)CC1(F)F. The third kappa shape index (κ3) is 3.08. The Morgan fingerprint density at radius 3 is 2.11 bits per heavy atom. The summed E-state index contributed by atoms with van der Waals surface area (Å²) >= 11 is 0. The maximum atomic E-state index is 13.0. The first-order chi connectivity index (χ1) is 8.00. The Kier molecular flexibility index (Phi) is 3.55. The number of amides is 1. The van der Waals surface area contributed by atoms with Gasteiger partial charge < -0.3 is 10.4 Å². The third-order valence-corrected chi connectivity index (χ3v) is 2.87. The molecule has 1 aliphatic rings. The molecule has 9 heteroatoms. The lowest BCUT2D eigenvalue weighted by molar-refractivity contribution is -0.174. The zero-order valence-corrected chi connectivity index (χ0v) is 8.98. The second kappa shape index (κ2) is 4.36. The van der Waals surface area contributed by atoms with Crippen LogP contribution in [0.25, 0.3) is 0 Å². The van der Waals surface area contributed by atoms with Crippen molar-refractivity contribution in [3.63, 3.8) is 0 Å². The van der Waals surface area contributed by atoms with Crippen molar-refractivity contribution < 1.29 is 36.6 Å². The summed E-state index contributed by atoms with van der Waals surface area (Å²) in [7, 11) is 0. The molecule has 1 rings (SSSR count). The van der Waals surface area contributed by atoms with Crippen LogP contribution >= 0.6 is 0 Å². The van der Waals surface area contributed by atoms with Crippen molar-refractivity contribution in [2.24, 2.45) is 5.41 Å². The van der Waals surface area contributed by atoms with Crippen molar-refractivity contribution >= 4 is 11.9 Å². The van der Waals surface area contributed by atoms with Crippen LogP contribution < -0.4 is 5.32 Å². The van der Waals surface area contributed by atoms with Gasteiger partial charge in [0.2, 0.25) is 0 Å². The van der Waals surface area contributed by atoms with E-state index in [4.69, 9.17) is 5.11 Å². The van der Waals surface area contributed by atoms with E-state index in [9.17, 15) is 31.5 Å². The lowest BCUT2D eigenvalue weighted by Crippen LogP contribution is -2.41. The summed E-state index contributed by atoms with van der Waals surface area (Å²) in [6.07, 6.45) is -6.92. The standard InChI is InChI=1S/C9H10F5NO3/c10-8(11)3-7(8,2-1-5(16)17)4-15-6(18)9(12,13)14/h1-4H2,(H,15,18)(H,16,17). The predicted octanol–water partition coefficient (Wildman–Crippen LogP) is 1.56. The Bertz CT molecular complexity index is 368. The van der Waals surface area contributed by atoms with E-state index < -0.39 is 55.2 Å². The minimum absolute atomic E-state index is 0.479. The predicted molar refractivity (Wildman–Crippen MR) is 47.9 cm³/mol. The summed E-state index contributed by atoms with van der Waals surface area (Å²) in [4.78, 5) is 20.8. The Morgan fingerprint density at radius 2 is 1.78 bits per heavy atom. The molecule has 0 aromatic rings. The van der Waals surface area contributed by atoms with Gasteiger partial charge in [-0.1, -0.05) is 0 Å². The molecule has 0 aromatic carbocycles. The van der Waals surface area contributed by atoms with E-state index in [1.165, 1.54) is 5.32 Å². The van der Waals surface area contributed by atoms with Crippen molar-refractivity contribution in [3.05, 3.63) is 0 Å². The van der Waals surface area contributed by atoms with Gasteiger partial charge in [-0.2, -0.15) is 13.2 Å². The number of rotatable bonds is 5. The minimum Gasteiger partial charge on any atom is -0.481 e. The molecule has 1 fully saturated rings. The van der Waals surface area contributed by atoms with Crippen LogP contribution in [0.1, 0.15) is 19.3 Å². The van der Waals surface area contributed by atoms with Crippen molar-refractivity contribution in [2.45, 2.75) is 31.4 Å². The average molecular weight is 275 g/mol. The van der Waals surface area contributed by atoms with Gasteiger partial charge in [-0.3, -0.25) is 9.59 Å². The molecule has 1 aliphatic carbocycles. The summed E-state index contributed by atoms with van der Waals surface area (Å²) in [5, 5.41) is 9.74. The fraction of sp³-hybridized carbons (Fsp3) is 0.778. The van der Waals surface area contributed by atoms with E-state index in [2.05, 4.69) is 0 Å². The Labute approximate surface area is 98.1 Å². The molecule has 0 spiro atoms. The number of carbonyl (C=O) groups excluding carboxylic acids is 1. The minimum atomic E-state index is -5.14. The van der Waals surface area contributed by atoms with Gasteiger partial charge in [0.05, 0.1) is 5.41 Å². The molecular weight excluding hydrogens is 265 g/mol. The number of alkyl halides is 5. The number of hydrogen-bond donors (Lipinski definition) is 2. The molecule has 1 amide bonds. The van der Waals surface area contributed by atoms with E-state index in [0.717, 1.165) is 0 Å². The zero-order valence-electron chi connectivity index (χ0n) is 8.98. The lowest BCUT2D eigenvalue weighted by Gasteiger charge is -2.16. The van der Waals surface area contributed by atoms with E-state index in [1.807, 2.05) is 0 Å². The van der Waals surface area contributed by atoms with Crippen LogP contribution in [-0.2, 0) is 9.59 Å². The van der Waals surface area contributed by atoms with Gasteiger partial charge in [-0.05, 0) is 6.42 Å². The monoisotopic (exact) mass is 275 g/mol. The van der Waals surface area contributed by atoms with Gasteiger partial charge >= 0.3 is 18.1 Å². The Balaban J connectivity index is 2.56. The second-order valence-corrected chi connectivity index (χ2v) is 4.24. The fourth-order valence-corrected chi connectivity index (χ4v) is 1.63. The Morgan fingerprint density at radius 1 is 1.28 bits per heavy atom. The zero-order chi connectivity index (χ0) is 14.2. The van der Waals surface area contributed by atoms with E-state index in [-0.39, 0.29) is 0 Å². The number of aliphatic carboxylic acids is 1. The summed E-state index contributed by atoms with van der Waals surface area (Å²) in [5.74, 6) is -6.86. The first-order valence-corrected chi connectivity index (χ1v) is 4.95. The number of halogens is 5. The lowest BCUT2D eigenvalue weighted by atomic mass is 9.99. The highest BCUT2D eigenvalue weighted by molar-refractivity contribution is 5.81. The van der Waals surface area contributed by atoms with Crippen LogP contribution in [0.15, 0.2) is 0 Å². The largest absolute Gasteiger partial charge is 0.481 e. The number of carboxylic acids is 1. The first kappa shape index (κ1) is 14.7. The topological polar surface area (TPSA) is 66.4 Å². The van der Waals surface area contributed by atoms with Gasteiger partial charge in [0.15, 0.2) is 0 Å². The molecule has 104 valence electrons. The highest BCUT2D eigenvalue weighted by Crippen LogP contribution is 2.62. The molecule has 1 saturated carbocycles. The molecule has 0 aliphatic heterocycles. The molecule has 4 nitrogen and oxygen atoms in total. The molecule has 0 aromatic heterocycles. The molecular formula is C9H10F5NO3. The molecule has 2 N–H and O–H groups in total. The molecule has 1 atom stereocenters. The van der Waals surface area contributed by atoms with Crippen LogP contribution in [0, 0.1) is 5.41 Å². The summed E-state index contributed by atoms with van der Waals surface area (Å²) < 4.78 is 61.6. The highest BCUT2D eigenvalue weighted by Gasteiger charge is 2.70. The number of hydrogen-bond acceptors (Lipinski definition) is 2. The van der Waals surface area contributed by atoms with E-state index in [1.54, 1.807) is 0 Å². The normalized spacial score (nSPS) is 25.6. The number of carboxylic acid groups (broad SMARTS) is 1. The van der Waals surface area contributed by atoms with Crippen LogP contribution in [0.2, 0.25) is 0 Å². The van der Waals surface area contributed by atoms with Crippen LogP contribution in [0.3, 0.4) is 0 Å². The molecule has 0 bridgehead atoms. The maximum Gasteiger partial charge on any atom is 0.471 e. The van der Waals surface area contributed by atoms with Gasteiger partial charge in [-0.25, -0.2) is 8.78 Å². The van der Waals surface area contributed by atoms with E-state index in [0.29, 0.717) is 0 Å². The van der Waals surface area contributed by atoms with E-state index >= 15 is 0 Å². The summed E-state index contributed by atoms with van der Waals surface area (Å²) in [6, 6.07) is 0. The third-order valence-electron chi connectivity index (χ3n) is 2.87. The highest BCUT2D eigenvalue weighted by atomic mass is 19.4. The van der Waals surface area contributed by atoms with Gasteiger partial charge in [0.25, 0.3) is 5.92 Å². The van der Waals surface area contributed by atoms with Gasteiger partial charge in [0.1, 0.15) is 0 Å². The Hall–Kier alpha value is -1.41. The molecule has 1 unspecified atom stereocenters. The molecule has 0 radical (unpaired) electrons. The maximum absolute atomic E-state index is 13.0. The summed E-state index contributed by atoms with van der Waals surface area (Å²) in [6.45, 7) is -0.883. The van der Waals surface area contributed by atoms with Gasteiger partial charge in [-0.15, -0.1) is 0 Å². The van der Waals surface area contributed by atoms with Crippen LogP contribution in [-0.4, -0.2) is 35.6 Å². The average Bonchev–Trinajstić information content (AvgIpc) is 2.73. The van der Waals surface area contributed by atoms with Crippen LogP contribution in [0.5, 0.6) is 0 Å². The molecule has 0 heterocycles. The van der Waals surface area contributed by atoms with Gasteiger partial charge in [0, 0.05) is 19.4 Å². The molecule has 0 saturated heterocycles. The van der Waals surface area contributed by atoms with Crippen molar-refractivity contribution in [2.75, 3.05) is 6.54 Å². The van der Waals surface area contributed by atoms with Crippen molar-refractivity contribution in [1.82, 2.24) is 5.32 Å². The van der Waals surface area contributed by atoms with Crippen LogP contribution in [0.4, 0.5) is 22.0 Å². The van der Waals surface area contributed by atoms with Crippen molar-refractivity contribution in [1.29, 1.82) is 0 Å². The second-order valence-electron chi connectivity index (χ2n) is 4.24. The van der Waals surface area contributed by atoms with Crippen molar-refractivity contribution in [3.8, 4) is 0 Å². The summed E-state index contributed by atoms with van der Waals surface area (Å²) in [5.41, 5.74) is -1.87.